The van der Waals surface area contributed by atoms with Gasteiger partial charge in [-0.3, -0.25) is 5.43 Å². The fourth-order valence-corrected chi connectivity index (χ4v) is 3.18. The molecule has 3 aromatic rings. The molecule has 1 aromatic heterocycles. The van der Waals surface area contributed by atoms with Crippen molar-refractivity contribution in [3.05, 3.63) is 69.5 Å². The van der Waals surface area contributed by atoms with E-state index >= 15 is 0 Å². The highest BCUT2D eigenvalue weighted by Gasteiger charge is 2.08. The Hall–Kier alpha value is -1.88. The monoisotopic (exact) mass is 361 g/mol. The molecule has 0 atom stereocenters. The first kappa shape index (κ1) is 16.0. The lowest BCUT2D eigenvalue weighted by Crippen LogP contribution is -1.99. The van der Waals surface area contributed by atoms with Crippen LogP contribution < -0.4 is 5.43 Å². The van der Waals surface area contributed by atoms with Crippen molar-refractivity contribution in [3.63, 3.8) is 0 Å². The second-order valence-corrected chi connectivity index (χ2v) is 6.54. The van der Waals surface area contributed by atoms with E-state index in [1.54, 1.807) is 12.1 Å². The first-order chi connectivity index (χ1) is 11.1. The summed E-state index contributed by atoms with van der Waals surface area (Å²) < 4.78 is 0. The van der Waals surface area contributed by atoms with Crippen molar-refractivity contribution in [3.8, 4) is 11.3 Å². The quantitative estimate of drug-likeness (QED) is 0.460. The molecule has 0 saturated carbocycles. The molecule has 0 fully saturated rings. The minimum atomic E-state index is 0.582. The predicted molar refractivity (Wildman–Crippen MR) is 99.8 cm³/mol. The van der Waals surface area contributed by atoms with E-state index in [1.807, 2.05) is 48.7 Å². The highest BCUT2D eigenvalue weighted by molar-refractivity contribution is 7.14. The highest BCUT2D eigenvalue weighted by atomic mass is 35.5. The molecule has 0 aliphatic rings. The molecule has 0 aliphatic carbocycles. The van der Waals surface area contributed by atoms with Gasteiger partial charge in [0.05, 0.1) is 16.4 Å². The Morgan fingerprint density at radius 2 is 1.91 bits per heavy atom. The van der Waals surface area contributed by atoms with Crippen LogP contribution in [0.2, 0.25) is 10.0 Å². The van der Waals surface area contributed by atoms with Crippen LogP contribution in [0.3, 0.4) is 0 Å². The van der Waals surface area contributed by atoms with Crippen molar-refractivity contribution in [2.24, 2.45) is 5.10 Å². The van der Waals surface area contributed by atoms with Crippen molar-refractivity contribution >= 4 is 45.4 Å². The molecule has 1 heterocycles. The van der Waals surface area contributed by atoms with Gasteiger partial charge in [0.15, 0.2) is 0 Å². The van der Waals surface area contributed by atoms with Gasteiger partial charge in [-0.2, -0.15) is 5.10 Å². The first-order valence-electron chi connectivity index (χ1n) is 6.90. The van der Waals surface area contributed by atoms with Gasteiger partial charge in [-0.25, -0.2) is 4.98 Å². The minimum absolute atomic E-state index is 0.582. The lowest BCUT2D eigenvalue weighted by atomic mass is 10.1. The number of thiazole rings is 1. The maximum atomic E-state index is 6.21. The van der Waals surface area contributed by atoms with Gasteiger partial charge in [0.1, 0.15) is 0 Å². The number of rotatable bonds is 4. The zero-order valence-electron chi connectivity index (χ0n) is 12.3. The number of nitrogens with zero attached hydrogens (tertiary/aromatic N) is 2. The van der Waals surface area contributed by atoms with Crippen molar-refractivity contribution in [2.45, 2.75) is 6.92 Å². The van der Waals surface area contributed by atoms with Crippen molar-refractivity contribution in [2.75, 3.05) is 5.43 Å². The van der Waals surface area contributed by atoms with E-state index in [-0.39, 0.29) is 0 Å². The summed E-state index contributed by atoms with van der Waals surface area (Å²) in [6.45, 7) is 1.95. The molecule has 116 valence electrons. The van der Waals surface area contributed by atoms with Crippen LogP contribution in [-0.2, 0) is 0 Å². The van der Waals surface area contributed by atoms with E-state index in [2.05, 4.69) is 15.5 Å². The maximum absolute atomic E-state index is 6.21. The van der Waals surface area contributed by atoms with Crippen molar-refractivity contribution in [1.82, 2.24) is 4.98 Å². The molecule has 3 nitrogen and oxygen atoms in total. The SMILES string of the molecule is C/C(=N/Nc1nc(-c2ccc(Cl)cc2Cl)cs1)c1ccccc1. The van der Waals surface area contributed by atoms with E-state index in [1.165, 1.54) is 11.3 Å². The molecule has 23 heavy (non-hydrogen) atoms. The Kier molecular flexibility index (Phi) is 4.96. The summed E-state index contributed by atoms with van der Waals surface area (Å²) in [5.74, 6) is 0. The fourth-order valence-electron chi connectivity index (χ4n) is 2.02. The summed E-state index contributed by atoms with van der Waals surface area (Å²) in [4.78, 5) is 4.51. The molecule has 0 saturated heterocycles. The van der Waals surface area contributed by atoms with Crippen LogP contribution in [0.15, 0.2) is 59.0 Å². The van der Waals surface area contributed by atoms with Crippen molar-refractivity contribution in [1.29, 1.82) is 0 Å². The number of nitrogens with one attached hydrogen (secondary N) is 1. The van der Waals surface area contributed by atoms with Gasteiger partial charge < -0.3 is 0 Å². The summed E-state index contributed by atoms with van der Waals surface area (Å²) in [6.07, 6.45) is 0. The Morgan fingerprint density at radius 1 is 1.13 bits per heavy atom. The smallest absolute Gasteiger partial charge is 0.203 e. The molecule has 0 spiro atoms. The lowest BCUT2D eigenvalue weighted by molar-refractivity contribution is 1.27. The van der Waals surface area contributed by atoms with Gasteiger partial charge in [-0.05, 0) is 30.7 Å². The number of halogens is 2. The van der Waals surface area contributed by atoms with E-state index < -0.39 is 0 Å². The van der Waals surface area contributed by atoms with Gasteiger partial charge in [-0.1, -0.05) is 53.5 Å². The second kappa shape index (κ2) is 7.13. The Labute approximate surface area is 148 Å². The van der Waals surface area contributed by atoms with Crippen LogP contribution in [-0.4, -0.2) is 10.7 Å². The van der Waals surface area contributed by atoms with Crippen LogP contribution in [0.25, 0.3) is 11.3 Å². The summed E-state index contributed by atoms with van der Waals surface area (Å²) in [6, 6.07) is 15.4. The predicted octanol–water partition coefficient (Wildman–Crippen LogP) is 5.95. The third-order valence-electron chi connectivity index (χ3n) is 3.22. The van der Waals surface area contributed by atoms with Crippen molar-refractivity contribution < 1.29 is 0 Å². The van der Waals surface area contributed by atoms with Crippen LogP contribution in [0, 0.1) is 0 Å². The molecule has 0 aliphatic heterocycles. The molecule has 3 rings (SSSR count). The average molecular weight is 362 g/mol. The molecule has 0 unspecified atom stereocenters. The zero-order valence-corrected chi connectivity index (χ0v) is 14.6. The molecule has 0 amide bonds. The molecular formula is C17H13Cl2N3S. The first-order valence-corrected chi connectivity index (χ1v) is 8.54. The number of anilines is 1. The summed E-state index contributed by atoms with van der Waals surface area (Å²) in [5, 5.41) is 8.20. The van der Waals surface area contributed by atoms with Crippen LogP contribution in [0.4, 0.5) is 5.13 Å². The Bertz CT molecular complexity index is 844. The number of aromatic nitrogens is 1. The van der Waals surface area contributed by atoms with Gasteiger partial charge in [0.2, 0.25) is 5.13 Å². The van der Waals surface area contributed by atoms with E-state index in [4.69, 9.17) is 23.2 Å². The molecular weight excluding hydrogens is 349 g/mol. The van der Waals surface area contributed by atoms with E-state index in [9.17, 15) is 0 Å². The van der Waals surface area contributed by atoms with E-state index in [0.717, 1.165) is 22.5 Å². The van der Waals surface area contributed by atoms with Crippen LogP contribution in [0.5, 0.6) is 0 Å². The largest absolute Gasteiger partial charge is 0.252 e. The van der Waals surface area contributed by atoms with E-state index in [0.29, 0.717) is 15.2 Å². The van der Waals surface area contributed by atoms with Gasteiger partial charge in [-0.15, -0.1) is 11.3 Å². The normalized spacial score (nSPS) is 11.5. The van der Waals surface area contributed by atoms with Gasteiger partial charge in [0, 0.05) is 16.0 Å². The molecule has 2 aromatic carbocycles. The molecule has 0 radical (unpaired) electrons. The molecule has 0 bridgehead atoms. The third-order valence-corrected chi connectivity index (χ3v) is 4.52. The zero-order chi connectivity index (χ0) is 16.2. The van der Waals surface area contributed by atoms with Crippen LogP contribution >= 0.6 is 34.5 Å². The summed E-state index contributed by atoms with van der Waals surface area (Å²) in [5.41, 5.74) is 6.60. The second-order valence-electron chi connectivity index (χ2n) is 4.84. The van der Waals surface area contributed by atoms with Gasteiger partial charge >= 0.3 is 0 Å². The highest BCUT2D eigenvalue weighted by Crippen LogP contribution is 2.32. The number of hydrogen-bond donors (Lipinski definition) is 1. The molecule has 6 heteroatoms. The Morgan fingerprint density at radius 3 is 2.65 bits per heavy atom. The minimum Gasteiger partial charge on any atom is -0.252 e. The maximum Gasteiger partial charge on any atom is 0.203 e. The Balaban J connectivity index is 1.77. The summed E-state index contributed by atoms with van der Waals surface area (Å²) in [7, 11) is 0. The van der Waals surface area contributed by atoms with Crippen LogP contribution in [0.1, 0.15) is 12.5 Å². The standard InChI is InChI=1S/C17H13Cl2N3S/c1-11(12-5-3-2-4-6-12)21-22-17-20-16(10-23-17)14-8-7-13(18)9-15(14)19/h2-10H,1H3,(H,20,22)/b21-11-. The van der Waals surface area contributed by atoms with Gasteiger partial charge in [0.25, 0.3) is 0 Å². The average Bonchev–Trinajstić information content (AvgIpc) is 3.02. The topological polar surface area (TPSA) is 37.3 Å². The number of hydrogen-bond acceptors (Lipinski definition) is 4. The third kappa shape index (κ3) is 3.91. The fraction of sp³-hybridized carbons (Fsp3) is 0.0588. The number of benzene rings is 2. The number of hydrazone groups is 1. The summed E-state index contributed by atoms with van der Waals surface area (Å²) >= 11 is 13.6. The lowest BCUT2D eigenvalue weighted by Gasteiger charge is -2.02. The molecule has 1 N–H and O–H groups in total.